The van der Waals surface area contributed by atoms with Gasteiger partial charge >= 0.3 is 0 Å². The Morgan fingerprint density at radius 1 is 0.318 bits per heavy atom. The molecule has 0 saturated heterocycles. The van der Waals surface area contributed by atoms with E-state index in [1.807, 2.05) is 0 Å². The minimum atomic E-state index is 1.16. The fraction of sp³-hybridized carbons (Fsp3) is 1.00. The molecule has 4 atom stereocenters. The molecule has 5 fully saturated rings. The molecule has 5 rings (SSSR count). The lowest BCUT2D eigenvalue weighted by molar-refractivity contribution is -0.0659. The summed E-state index contributed by atoms with van der Waals surface area (Å²) in [6.07, 6.45) is 22.3. The van der Waals surface area contributed by atoms with E-state index in [-0.39, 0.29) is 0 Å². The van der Waals surface area contributed by atoms with Crippen LogP contribution in [0.15, 0.2) is 0 Å². The van der Waals surface area contributed by atoms with E-state index in [2.05, 4.69) is 0 Å². The standard InChI is InChI=1S/C22H36/c1-5-15(6-1)19-13-21(17-9-3-10-17)22(18-11-4-12-18)14-20(19)16-7-2-8-16/h15-22H,1-14H2. The first-order chi connectivity index (χ1) is 10.9. The van der Waals surface area contributed by atoms with Crippen molar-refractivity contribution in [2.24, 2.45) is 47.3 Å². The van der Waals surface area contributed by atoms with Crippen LogP contribution in [0.25, 0.3) is 0 Å². The summed E-state index contributed by atoms with van der Waals surface area (Å²) >= 11 is 0. The first kappa shape index (κ1) is 14.4. The highest BCUT2D eigenvalue weighted by Crippen LogP contribution is 2.59. The fourth-order valence-electron chi connectivity index (χ4n) is 6.97. The van der Waals surface area contributed by atoms with Gasteiger partial charge in [0, 0.05) is 0 Å². The summed E-state index contributed by atoms with van der Waals surface area (Å²) in [5.74, 6) is 9.32. The van der Waals surface area contributed by atoms with Crippen LogP contribution in [0.2, 0.25) is 0 Å². The molecule has 0 amide bonds. The van der Waals surface area contributed by atoms with Gasteiger partial charge in [-0.1, -0.05) is 77.0 Å². The second-order valence-electron chi connectivity index (χ2n) is 9.89. The normalized spacial score (nSPS) is 44.7. The second kappa shape index (κ2) is 5.82. The maximum absolute atomic E-state index is 1.68. The van der Waals surface area contributed by atoms with Gasteiger partial charge in [-0.2, -0.15) is 0 Å². The highest BCUT2D eigenvalue weighted by atomic mass is 14.5. The topological polar surface area (TPSA) is 0 Å². The molecule has 22 heavy (non-hydrogen) atoms. The summed E-state index contributed by atoms with van der Waals surface area (Å²) < 4.78 is 0. The van der Waals surface area contributed by atoms with Crippen molar-refractivity contribution in [2.75, 3.05) is 0 Å². The van der Waals surface area contributed by atoms with Crippen molar-refractivity contribution in [3.05, 3.63) is 0 Å². The zero-order chi connectivity index (χ0) is 14.5. The third-order valence-corrected chi connectivity index (χ3v) is 9.21. The van der Waals surface area contributed by atoms with Crippen molar-refractivity contribution in [3.63, 3.8) is 0 Å². The van der Waals surface area contributed by atoms with Gasteiger partial charge in [-0.25, -0.2) is 0 Å². The lowest BCUT2D eigenvalue weighted by Gasteiger charge is -2.56. The van der Waals surface area contributed by atoms with Gasteiger partial charge < -0.3 is 0 Å². The average Bonchev–Trinajstić information content (AvgIpc) is 2.24. The van der Waals surface area contributed by atoms with Crippen LogP contribution in [0.1, 0.15) is 89.9 Å². The monoisotopic (exact) mass is 300 g/mol. The molecule has 4 unspecified atom stereocenters. The Labute approximate surface area is 137 Å². The van der Waals surface area contributed by atoms with Crippen molar-refractivity contribution < 1.29 is 0 Å². The Kier molecular flexibility index (Phi) is 3.79. The molecule has 0 aromatic rings. The number of hydrogen-bond donors (Lipinski definition) is 0. The SMILES string of the molecule is C1CC(C2CC(C3CCC3)C(C3CCC3)CC2C2CCC2)C1. The van der Waals surface area contributed by atoms with Crippen molar-refractivity contribution in [3.8, 4) is 0 Å². The molecule has 0 bridgehead atoms. The molecule has 0 aliphatic heterocycles. The molecule has 5 aliphatic carbocycles. The first-order valence-corrected chi connectivity index (χ1v) is 10.9. The van der Waals surface area contributed by atoms with Crippen LogP contribution in [0.5, 0.6) is 0 Å². The molecular weight excluding hydrogens is 264 g/mol. The lowest BCUT2D eigenvalue weighted by Crippen LogP contribution is -2.48. The molecule has 0 heteroatoms. The van der Waals surface area contributed by atoms with E-state index >= 15 is 0 Å². The van der Waals surface area contributed by atoms with Crippen molar-refractivity contribution in [1.29, 1.82) is 0 Å². The van der Waals surface area contributed by atoms with E-state index in [1.54, 1.807) is 89.9 Å². The van der Waals surface area contributed by atoms with Crippen LogP contribution in [0.3, 0.4) is 0 Å². The van der Waals surface area contributed by atoms with Crippen LogP contribution in [0.4, 0.5) is 0 Å². The zero-order valence-corrected chi connectivity index (χ0v) is 14.5. The second-order valence-corrected chi connectivity index (χ2v) is 9.89. The summed E-state index contributed by atoms with van der Waals surface area (Å²) in [5.41, 5.74) is 0. The van der Waals surface area contributed by atoms with Gasteiger partial charge in [0.1, 0.15) is 0 Å². The van der Waals surface area contributed by atoms with Crippen molar-refractivity contribution >= 4 is 0 Å². The van der Waals surface area contributed by atoms with Crippen LogP contribution in [-0.4, -0.2) is 0 Å². The van der Waals surface area contributed by atoms with E-state index < -0.39 is 0 Å². The highest BCUT2D eigenvalue weighted by Gasteiger charge is 2.50. The third kappa shape index (κ3) is 2.30. The molecule has 0 N–H and O–H groups in total. The lowest BCUT2D eigenvalue weighted by atomic mass is 9.49. The number of hydrogen-bond acceptors (Lipinski definition) is 0. The summed E-state index contributed by atoms with van der Waals surface area (Å²) in [6.45, 7) is 0. The van der Waals surface area contributed by atoms with Crippen LogP contribution < -0.4 is 0 Å². The minimum absolute atomic E-state index is 1.16. The molecular formula is C22H36. The summed E-state index contributed by atoms with van der Waals surface area (Å²) in [4.78, 5) is 0. The Balaban J connectivity index is 1.37. The quantitative estimate of drug-likeness (QED) is 0.560. The predicted molar refractivity (Wildman–Crippen MR) is 92.6 cm³/mol. The van der Waals surface area contributed by atoms with Gasteiger partial charge in [-0.05, 0) is 60.2 Å². The molecule has 0 aromatic heterocycles. The van der Waals surface area contributed by atoms with E-state index in [9.17, 15) is 0 Å². The molecule has 124 valence electrons. The van der Waals surface area contributed by atoms with Crippen LogP contribution >= 0.6 is 0 Å². The van der Waals surface area contributed by atoms with E-state index in [0.717, 1.165) is 23.7 Å². The number of rotatable bonds is 4. The Hall–Kier alpha value is 0. The molecule has 5 aliphatic rings. The molecule has 0 aromatic carbocycles. The maximum atomic E-state index is 1.68. The highest BCUT2D eigenvalue weighted by molar-refractivity contribution is 5.00. The third-order valence-electron chi connectivity index (χ3n) is 9.21. The van der Waals surface area contributed by atoms with Crippen molar-refractivity contribution in [1.82, 2.24) is 0 Å². The maximum Gasteiger partial charge on any atom is -0.0352 e. The zero-order valence-electron chi connectivity index (χ0n) is 14.5. The van der Waals surface area contributed by atoms with E-state index in [4.69, 9.17) is 0 Å². The first-order valence-electron chi connectivity index (χ1n) is 10.9. The van der Waals surface area contributed by atoms with Gasteiger partial charge in [0.2, 0.25) is 0 Å². The van der Waals surface area contributed by atoms with Crippen LogP contribution in [0, 0.1) is 47.3 Å². The van der Waals surface area contributed by atoms with Crippen molar-refractivity contribution in [2.45, 2.75) is 89.9 Å². The largest absolute Gasteiger partial charge is 0.0528 e. The minimum Gasteiger partial charge on any atom is -0.0528 e. The Bertz CT molecular complexity index is 309. The molecule has 5 saturated carbocycles. The van der Waals surface area contributed by atoms with Gasteiger partial charge in [-0.3, -0.25) is 0 Å². The van der Waals surface area contributed by atoms with Crippen LogP contribution in [-0.2, 0) is 0 Å². The van der Waals surface area contributed by atoms with Gasteiger partial charge in [0.15, 0.2) is 0 Å². The molecule has 0 radical (unpaired) electrons. The van der Waals surface area contributed by atoms with E-state index in [1.165, 1.54) is 23.7 Å². The Morgan fingerprint density at radius 3 is 0.682 bits per heavy atom. The van der Waals surface area contributed by atoms with Gasteiger partial charge in [0.25, 0.3) is 0 Å². The molecule has 0 nitrogen and oxygen atoms in total. The summed E-state index contributed by atoms with van der Waals surface area (Å²) in [5, 5.41) is 0. The predicted octanol–water partition coefficient (Wildman–Crippen LogP) is 6.45. The average molecular weight is 301 g/mol. The van der Waals surface area contributed by atoms with Gasteiger partial charge in [-0.15, -0.1) is 0 Å². The Morgan fingerprint density at radius 2 is 0.545 bits per heavy atom. The molecule has 0 heterocycles. The van der Waals surface area contributed by atoms with E-state index in [0.29, 0.717) is 0 Å². The smallest absolute Gasteiger partial charge is 0.0352 e. The fourth-order valence-corrected chi connectivity index (χ4v) is 6.97. The summed E-state index contributed by atoms with van der Waals surface area (Å²) in [7, 11) is 0. The summed E-state index contributed by atoms with van der Waals surface area (Å²) in [6, 6.07) is 0. The molecule has 0 spiro atoms. The van der Waals surface area contributed by atoms with Gasteiger partial charge in [0.05, 0.1) is 0 Å².